The van der Waals surface area contributed by atoms with Crippen molar-refractivity contribution in [2.75, 3.05) is 0 Å². The predicted octanol–water partition coefficient (Wildman–Crippen LogP) is 2.66. The lowest BCUT2D eigenvalue weighted by Crippen LogP contribution is -2.44. The molecule has 18 heavy (non-hydrogen) atoms. The maximum absolute atomic E-state index is 11.8. The lowest BCUT2D eigenvalue weighted by atomic mass is 9.95. The van der Waals surface area contributed by atoms with Crippen molar-refractivity contribution in [1.82, 2.24) is 5.32 Å². The van der Waals surface area contributed by atoms with Crippen LogP contribution in [0.4, 0.5) is 0 Å². The number of ketones is 1. The first-order valence-corrected chi connectivity index (χ1v) is 6.20. The van der Waals surface area contributed by atoms with E-state index in [0.717, 1.165) is 5.56 Å². The van der Waals surface area contributed by atoms with Crippen molar-refractivity contribution in [3.05, 3.63) is 35.9 Å². The molecule has 1 aromatic rings. The van der Waals surface area contributed by atoms with Crippen LogP contribution in [0.5, 0.6) is 0 Å². The Labute approximate surface area is 109 Å². The molecule has 0 aliphatic rings. The Morgan fingerprint density at radius 3 is 2.22 bits per heavy atom. The molecule has 1 amide bonds. The van der Waals surface area contributed by atoms with E-state index < -0.39 is 5.91 Å². The lowest BCUT2D eigenvalue weighted by Gasteiger charge is -2.20. The van der Waals surface area contributed by atoms with Crippen LogP contribution in [0, 0.1) is 0 Å². The van der Waals surface area contributed by atoms with Crippen molar-refractivity contribution in [2.24, 2.45) is 0 Å². The number of amides is 1. The number of benzene rings is 1. The van der Waals surface area contributed by atoms with E-state index in [9.17, 15) is 9.59 Å². The van der Waals surface area contributed by atoms with E-state index in [2.05, 4.69) is 5.32 Å². The molecule has 1 aromatic carbocycles. The fourth-order valence-corrected chi connectivity index (χ4v) is 1.68. The van der Waals surface area contributed by atoms with Gasteiger partial charge >= 0.3 is 0 Å². The van der Waals surface area contributed by atoms with Gasteiger partial charge in [0.1, 0.15) is 0 Å². The quantitative estimate of drug-likeness (QED) is 0.831. The molecule has 0 fully saturated rings. The fourth-order valence-electron chi connectivity index (χ4n) is 1.68. The molecule has 1 atom stereocenters. The van der Waals surface area contributed by atoms with Gasteiger partial charge < -0.3 is 5.32 Å². The fraction of sp³-hybridized carbons (Fsp3) is 0.467. The van der Waals surface area contributed by atoms with Gasteiger partial charge in [-0.25, -0.2) is 0 Å². The molecule has 0 aromatic heterocycles. The smallest absolute Gasteiger partial charge is 0.287 e. The summed E-state index contributed by atoms with van der Waals surface area (Å²) in [6.45, 7) is 7.54. The maximum atomic E-state index is 11.8. The first-order chi connectivity index (χ1) is 8.29. The largest absolute Gasteiger partial charge is 0.345 e. The molecule has 3 nitrogen and oxygen atoms in total. The highest BCUT2D eigenvalue weighted by molar-refractivity contribution is 6.36. The topological polar surface area (TPSA) is 46.2 Å². The number of nitrogens with one attached hydrogen (secondary N) is 1. The summed E-state index contributed by atoms with van der Waals surface area (Å²) in [4.78, 5) is 23.5. The van der Waals surface area contributed by atoms with Gasteiger partial charge in [-0.1, -0.05) is 37.3 Å². The second-order valence-electron chi connectivity index (χ2n) is 5.64. The first-order valence-electron chi connectivity index (χ1n) is 6.20. The van der Waals surface area contributed by atoms with Gasteiger partial charge in [-0.3, -0.25) is 9.59 Å². The molecule has 1 N–H and O–H groups in total. The summed E-state index contributed by atoms with van der Waals surface area (Å²) in [6.07, 6.45) is 0.242. The van der Waals surface area contributed by atoms with Crippen LogP contribution in [0.3, 0.4) is 0 Å². The molecule has 0 aliphatic carbocycles. The van der Waals surface area contributed by atoms with Crippen LogP contribution < -0.4 is 5.32 Å². The maximum Gasteiger partial charge on any atom is 0.287 e. The monoisotopic (exact) mass is 247 g/mol. The lowest BCUT2D eigenvalue weighted by molar-refractivity contribution is -0.139. The van der Waals surface area contributed by atoms with Gasteiger partial charge in [0, 0.05) is 12.0 Å². The second-order valence-corrected chi connectivity index (χ2v) is 5.64. The van der Waals surface area contributed by atoms with Crippen LogP contribution in [-0.4, -0.2) is 17.2 Å². The summed E-state index contributed by atoms with van der Waals surface area (Å²) in [5, 5.41) is 2.69. The Bertz CT molecular complexity index is 418. The average molecular weight is 247 g/mol. The zero-order valence-corrected chi connectivity index (χ0v) is 11.5. The number of rotatable bonds is 4. The molecule has 1 unspecified atom stereocenters. The van der Waals surface area contributed by atoms with Crippen LogP contribution in [0.25, 0.3) is 0 Å². The summed E-state index contributed by atoms with van der Waals surface area (Å²) < 4.78 is 0. The second kappa shape index (κ2) is 5.80. The van der Waals surface area contributed by atoms with E-state index in [-0.39, 0.29) is 23.7 Å². The highest BCUT2D eigenvalue weighted by atomic mass is 16.2. The third-order valence-corrected chi connectivity index (χ3v) is 2.60. The third-order valence-electron chi connectivity index (χ3n) is 2.60. The number of hydrogen-bond acceptors (Lipinski definition) is 2. The molecule has 98 valence electrons. The van der Waals surface area contributed by atoms with Gasteiger partial charge in [0.05, 0.1) is 0 Å². The molecule has 0 saturated heterocycles. The van der Waals surface area contributed by atoms with Crippen LogP contribution in [0.1, 0.15) is 45.6 Å². The molecule has 0 saturated carbocycles. The minimum absolute atomic E-state index is 0.0596. The van der Waals surface area contributed by atoms with Gasteiger partial charge in [0.25, 0.3) is 5.91 Å². The zero-order valence-electron chi connectivity index (χ0n) is 11.5. The van der Waals surface area contributed by atoms with Crippen molar-refractivity contribution < 1.29 is 9.59 Å². The summed E-state index contributed by atoms with van der Waals surface area (Å²) >= 11 is 0. The Hall–Kier alpha value is -1.64. The number of carbonyl (C=O) groups excluding carboxylic acids is 2. The SMILES string of the molecule is CC(CC(=O)C(=O)NC(C)(C)C)c1ccccc1. The van der Waals surface area contributed by atoms with Crippen molar-refractivity contribution >= 4 is 11.7 Å². The van der Waals surface area contributed by atoms with Crippen LogP contribution in [0.15, 0.2) is 30.3 Å². The third kappa shape index (κ3) is 4.70. The van der Waals surface area contributed by atoms with E-state index in [1.54, 1.807) is 0 Å². The first kappa shape index (κ1) is 14.4. The van der Waals surface area contributed by atoms with E-state index in [1.165, 1.54) is 0 Å². The van der Waals surface area contributed by atoms with Gasteiger partial charge in [-0.2, -0.15) is 0 Å². The Morgan fingerprint density at radius 1 is 1.17 bits per heavy atom. The molecular weight excluding hydrogens is 226 g/mol. The Morgan fingerprint density at radius 2 is 1.72 bits per heavy atom. The molecule has 0 heterocycles. The summed E-state index contributed by atoms with van der Waals surface area (Å²) in [7, 11) is 0. The van der Waals surface area contributed by atoms with E-state index in [1.807, 2.05) is 58.0 Å². The van der Waals surface area contributed by atoms with Crippen LogP contribution in [0.2, 0.25) is 0 Å². The number of hydrogen-bond donors (Lipinski definition) is 1. The highest BCUT2D eigenvalue weighted by Gasteiger charge is 2.22. The normalized spacial score (nSPS) is 12.9. The predicted molar refractivity (Wildman–Crippen MR) is 72.4 cm³/mol. The minimum atomic E-state index is -0.495. The Kier molecular flexibility index (Phi) is 4.65. The van der Waals surface area contributed by atoms with Crippen molar-refractivity contribution in [3.8, 4) is 0 Å². The summed E-state index contributed by atoms with van der Waals surface area (Å²) in [6, 6.07) is 9.75. The molecule has 0 radical (unpaired) electrons. The molecule has 3 heteroatoms. The van der Waals surface area contributed by atoms with Crippen LogP contribution >= 0.6 is 0 Å². The van der Waals surface area contributed by atoms with Gasteiger partial charge in [0.15, 0.2) is 0 Å². The van der Waals surface area contributed by atoms with Gasteiger partial charge in [0.2, 0.25) is 5.78 Å². The standard InChI is InChI=1S/C15H21NO2/c1-11(12-8-6-5-7-9-12)10-13(17)14(18)16-15(2,3)4/h5-9,11H,10H2,1-4H3,(H,16,18). The molecule has 0 spiro atoms. The molecule has 0 bridgehead atoms. The van der Waals surface area contributed by atoms with Crippen molar-refractivity contribution in [1.29, 1.82) is 0 Å². The Balaban J connectivity index is 2.58. The van der Waals surface area contributed by atoms with Crippen LogP contribution in [-0.2, 0) is 9.59 Å². The zero-order chi connectivity index (χ0) is 13.8. The summed E-state index contributed by atoms with van der Waals surface area (Å²) in [5.74, 6) is -0.795. The van der Waals surface area contributed by atoms with Gasteiger partial charge in [-0.05, 0) is 32.3 Å². The highest BCUT2D eigenvalue weighted by Crippen LogP contribution is 2.18. The van der Waals surface area contributed by atoms with E-state index >= 15 is 0 Å². The van der Waals surface area contributed by atoms with Crippen molar-refractivity contribution in [2.45, 2.75) is 45.6 Å². The molecule has 0 aliphatic heterocycles. The van der Waals surface area contributed by atoms with Gasteiger partial charge in [-0.15, -0.1) is 0 Å². The number of Topliss-reactive ketones (excluding diaryl/α,β-unsaturated/α-hetero) is 1. The van der Waals surface area contributed by atoms with E-state index in [4.69, 9.17) is 0 Å². The number of carbonyl (C=O) groups is 2. The molecule has 1 rings (SSSR count). The van der Waals surface area contributed by atoms with Crippen molar-refractivity contribution in [3.63, 3.8) is 0 Å². The minimum Gasteiger partial charge on any atom is -0.345 e. The average Bonchev–Trinajstić information content (AvgIpc) is 2.27. The summed E-state index contributed by atoms with van der Waals surface area (Å²) in [5.41, 5.74) is 0.706. The van der Waals surface area contributed by atoms with E-state index in [0.29, 0.717) is 0 Å². The molecular formula is C15H21NO2.